The number of nitrogens with one attached hydrogen (secondary N) is 1. The fraction of sp³-hybridized carbons (Fsp3) is 0.250. The van der Waals surface area contributed by atoms with E-state index in [1.54, 1.807) is 35.2 Å². The summed E-state index contributed by atoms with van der Waals surface area (Å²) in [5.41, 5.74) is 0.901. The van der Waals surface area contributed by atoms with Gasteiger partial charge in [-0.25, -0.2) is 0 Å². The van der Waals surface area contributed by atoms with Crippen LogP contribution in [0, 0.1) is 0 Å². The Morgan fingerprint density at radius 3 is 2.24 bits per heavy atom. The molecule has 0 bridgehead atoms. The number of nitrogens with zero attached hydrogens (tertiary/aromatic N) is 2. The van der Waals surface area contributed by atoms with E-state index in [-0.39, 0.29) is 11.7 Å². The molecule has 1 N–H and O–H groups in total. The highest BCUT2D eigenvalue weighted by molar-refractivity contribution is 6.07. The van der Waals surface area contributed by atoms with Gasteiger partial charge in [-0.3, -0.25) is 14.5 Å². The van der Waals surface area contributed by atoms with Crippen molar-refractivity contribution in [2.24, 2.45) is 0 Å². The zero-order valence-corrected chi connectivity index (χ0v) is 17.6. The first kappa shape index (κ1) is 22.6. The number of piperazine rings is 1. The van der Waals surface area contributed by atoms with E-state index < -0.39 is 17.6 Å². The summed E-state index contributed by atoms with van der Waals surface area (Å²) in [6.07, 6.45) is -2.95. The smallest absolute Gasteiger partial charge is 0.416 e. The number of hydrogen-bond acceptors (Lipinski definition) is 4. The van der Waals surface area contributed by atoms with Crippen LogP contribution in [0.1, 0.15) is 32.0 Å². The molecule has 2 amide bonds. The van der Waals surface area contributed by atoms with Crippen molar-refractivity contribution in [3.05, 3.63) is 89.4 Å². The van der Waals surface area contributed by atoms with Gasteiger partial charge in [0.25, 0.3) is 11.8 Å². The highest BCUT2D eigenvalue weighted by Crippen LogP contribution is 2.29. The van der Waals surface area contributed by atoms with Gasteiger partial charge in [-0.1, -0.05) is 24.3 Å². The molecule has 0 atom stereocenters. The van der Waals surface area contributed by atoms with E-state index >= 15 is 0 Å². The van der Waals surface area contributed by atoms with Gasteiger partial charge in [0.15, 0.2) is 5.76 Å². The van der Waals surface area contributed by atoms with Gasteiger partial charge >= 0.3 is 6.18 Å². The molecule has 1 aliphatic heterocycles. The van der Waals surface area contributed by atoms with Crippen molar-refractivity contribution >= 4 is 17.5 Å². The van der Waals surface area contributed by atoms with Crippen LogP contribution in [-0.2, 0) is 12.7 Å². The summed E-state index contributed by atoms with van der Waals surface area (Å²) in [6.45, 7) is 2.64. The molecule has 1 aromatic heterocycles. The third kappa shape index (κ3) is 5.43. The Labute approximate surface area is 188 Å². The molecule has 4 rings (SSSR count). The summed E-state index contributed by atoms with van der Waals surface area (Å²) >= 11 is 0. The molecule has 6 nitrogen and oxygen atoms in total. The number of carbonyl (C=O) groups excluding carboxylic acids is 2. The Bertz CT molecular complexity index is 1100. The molecule has 0 spiro atoms. The molecule has 0 unspecified atom stereocenters. The van der Waals surface area contributed by atoms with Gasteiger partial charge in [-0.2, -0.15) is 13.2 Å². The summed E-state index contributed by atoms with van der Waals surface area (Å²) in [7, 11) is 0. The van der Waals surface area contributed by atoms with E-state index in [0.29, 0.717) is 44.0 Å². The number of alkyl halides is 3. The standard InChI is InChI=1S/C24H22F3N3O3/c25-24(26,27)18-9-7-17(8-10-18)16-29-11-13-30(14-12-29)23(32)19-4-1-2-5-20(19)28-22(31)21-6-3-15-33-21/h1-10,15H,11-14,16H2,(H,28,31). The number of amides is 2. The van der Waals surface area contributed by atoms with Crippen LogP contribution < -0.4 is 5.32 Å². The summed E-state index contributed by atoms with van der Waals surface area (Å²) in [5.74, 6) is -0.490. The van der Waals surface area contributed by atoms with Gasteiger partial charge in [0.2, 0.25) is 0 Å². The monoisotopic (exact) mass is 457 g/mol. The second-order valence-corrected chi connectivity index (χ2v) is 7.74. The Hall–Kier alpha value is -3.59. The van der Waals surface area contributed by atoms with Crippen molar-refractivity contribution in [3.63, 3.8) is 0 Å². The molecular formula is C24H22F3N3O3. The average Bonchev–Trinajstić information content (AvgIpc) is 3.35. The Kier molecular flexibility index (Phi) is 6.50. The lowest BCUT2D eigenvalue weighted by atomic mass is 10.1. The molecule has 0 saturated carbocycles. The average molecular weight is 457 g/mol. The van der Waals surface area contributed by atoms with Gasteiger partial charge in [-0.15, -0.1) is 0 Å². The molecule has 9 heteroatoms. The number of carbonyl (C=O) groups is 2. The zero-order valence-electron chi connectivity index (χ0n) is 17.6. The van der Waals surface area contributed by atoms with E-state index in [1.807, 2.05) is 0 Å². The minimum atomic E-state index is -4.35. The summed E-state index contributed by atoms with van der Waals surface area (Å²) in [6, 6.07) is 15.1. The van der Waals surface area contributed by atoms with Crippen LogP contribution in [0.5, 0.6) is 0 Å². The lowest BCUT2D eigenvalue weighted by molar-refractivity contribution is -0.137. The topological polar surface area (TPSA) is 65.8 Å². The van der Waals surface area contributed by atoms with Crippen LogP contribution in [0.3, 0.4) is 0 Å². The van der Waals surface area contributed by atoms with Gasteiger partial charge < -0.3 is 14.6 Å². The van der Waals surface area contributed by atoms with Crippen molar-refractivity contribution in [3.8, 4) is 0 Å². The first-order chi connectivity index (χ1) is 15.8. The number of para-hydroxylation sites is 1. The van der Waals surface area contributed by atoms with Gasteiger partial charge in [0.05, 0.1) is 23.1 Å². The lowest BCUT2D eigenvalue weighted by Gasteiger charge is -2.35. The number of hydrogen-bond donors (Lipinski definition) is 1. The maximum absolute atomic E-state index is 13.1. The SMILES string of the molecule is O=C(Nc1ccccc1C(=O)N1CCN(Cc2ccc(C(F)(F)F)cc2)CC1)c1ccco1. The third-order valence-electron chi connectivity index (χ3n) is 5.50. The van der Waals surface area contributed by atoms with Gasteiger partial charge in [-0.05, 0) is 42.0 Å². The Balaban J connectivity index is 1.35. The molecule has 1 saturated heterocycles. The normalized spacial score (nSPS) is 14.8. The first-order valence-corrected chi connectivity index (χ1v) is 10.4. The predicted octanol–water partition coefficient (Wildman–Crippen LogP) is 4.51. The molecule has 0 radical (unpaired) electrons. The van der Waals surface area contributed by atoms with Crippen LogP contribution in [-0.4, -0.2) is 47.8 Å². The van der Waals surface area contributed by atoms with Crippen LogP contribution in [0.2, 0.25) is 0 Å². The predicted molar refractivity (Wildman–Crippen MR) is 116 cm³/mol. The highest BCUT2D eigenvalue weighted by Gasteiger charge is 2.30. The molecule has 33 heavy (non-hydrogen) atoms. The lowest BCUT2D eigenvalue weighted by Crippen LogP contribution is -2.48. The van der Waals surface area contributed by atoms with E-state index in [9.17, 15) is 22.8 Å². The van der Waals surface area contributed by atoms with E-state index in [0.717, 1.165) is 17.7 Å². The summed E-state index contributed by atoms with van der Waals surface area (Å²) < 4.78 is 43.3. The van der Waals surface area contributed by atoms with Crippen LogP contribution >= 0.6 is 0 Å². The quantitative estimate of drug-likeness (QED) is 0.613. The maximum atomic E-state index is 13.1. The van der Waals surface area contributed by atoms with Crippen molar-refractivity contribution in [2.45, 2.75) is 12.7 Å². The zero-order chi connectivity index (χ0) is 23.4. The number of halogens is 3. The second kappa shape index (κ2) is 9.50. The minimum Gasteiger partial charge on any atom is -0.459 e. The molecular weight excluding hydrogens is 435 g/mol. The summed E-state index contributed by atoms with van der Waals surface area (Å²) in [4.78, 5) is 29.2. The molecule has 172 valence electrons. The molecule has 3 aromatic rings. The van der Waals surface area contributed by atoms with Crippen LogP contribution in [0.15, 0.2) is 71.3 Å². The third-order valence-corrected chi connectivity index (χ3v) is 5.50. The largest absolute Gasteiger partial charge is 0.459 e. The van der Waals surface area contributed by atoms with E-state index in [4.69, 9.17) is 4.42 Å². The number of furan rings is 1. The minimum absolute atomic E-state index is 0.147. The van der Waals surface area contributed by atoms with Crippen LogP contribution in [0.25, 0.3) is 0 Å². The molecule has 0 aliphatic carbocycles. The number of anilines is 1. The van der Waals surface area contributed by atoms with E-state index in [2.05, 4.69) is 10.2 Å². The summed E-state index contributed by atoms with van der Waals surface area (Å²) in [5, 5.41) is 2.72. The fourth-order valence-electron chi connectivity index (χ4n) is 3.71. The Morgan fingerprint density at radius 1 is 0.909 bits per heavy atom. The van der Waals surface area contributed by atoms with Gasteiger partial charge in [0, 0.05) is 32.7 Å². The number of rotatable bonds is 5. The second-order valence-electron chi connectivity index (χ2n) is 7.74. The highest BCUT2D eigenvalue weighted by atomic mass is 19.4. The first-order valence-electron chi connectivity index (χ1n) is 10.4. The van der Waals surface area contributed by atoms with Gasteiger partial charge in [0.1, 0.15) is 0 Å². The molecule has 1 aliphatic rings. The van der Waals surface area contributed by atoms with Crippen molar-refractivity contribution in [1.82, 2.24) is 9.80 Å². The van der Waals surface area contributed by atoms with E-state index in [1.165, 1.54) is 24.5 Å². The van der Waals surface area contributed by atoms with Crippen molar-refractivity contribution in [1.29, 1.82) is 0 Å². The maximum Gasteiger partial charge on any atom is 0.416 e. The fourth-order valence-corrected chi connectivity index (χ4v) is 3.71. The molecule has 2 heterocycles. The molecule has 1 fully saturated rings. The van der Waals surface area contributed by atoms with Crippen molar-refractivity contribution < 1.29 is 27.2 Å². The Morgan fingerprint density at radius 2 is 1.61 bits per heavy atom. The van der Waals surface area contributed by atoms with Crippen molar-refractivity contribution in [2.75, 3.05) is 31.5 Å². The molecule has 2 aromatic carbocycles. The number of benzene rings is 2. The van der Waals surface area contributed by atoms with Crippen LogP contribution in [0.4, 0.5) is 18.9 Å².